The molecule has 322 valence electrons. The van der Waals surface area contributed by atoms with Crippen molar-refractivity contribution in [3.05, 3.63) is 75.1 Å². The first-order chi connectivity index (χ1) is 29.9. The van der Waals surface area contributed by atoms with Gasteiger partial charge in [0.25, 0.3) is 17.4 Å². The first-order valence-electron chi connectivity index (χ1n) is 21.9. The molecule has 1 aromatic carbocycles. The van der Waals surface area contributed by atoms with E-state index >= 15 is 4.39 Å². The van der Waals surface area contributed by atoms with Gasteiger partial charge in [-0.25, -0.2) is 14.4 Å². The molecule has 9 heterocycles. The van der Waals surface area contributed by atoms with Crippen LogP contribution in [-0.2, 0) is 9.59 Å². The molecule has 6 aliphatic heterocycles. The zero-order valence-corrected chi connectivity index (χ0v) is 34.9. The molecule has 3 aromatic heterocycles. The summed E-state index contributed by atoms with van der Waals surface area (Å²) in [5.41, 5.74) is 2.43. The average molecular weight is 845 g/mol. The Morgan fingerprint density at radius 2 is 1.61 bits per heavy atom. The van der Waals surface area contributed by atoms with E-state index < -0.39 is 35.5 Å². The van der Waals surface area contributed by atoms with Crippen LogP contribution in [0.2, 0.25) is 0 Å². The molecule has 1 saturated carbocycles. The molecule has 0 spiro atoms. The average Bonchev–Trinajstić information content (AvgIpc) is 3.87. The number of benzene rings is 1. The number of hydrogen-bond acceptors (Lipinski definition) is 13. The summed E-state index contributed by atoms with van der Waals surface area (Å²) in [7, 11) is 0. The predicted molar refractivity (Wildman–Crippen MR) is 227 cm³/mol. The largest absolute Gasteiger partial charge is 0.370 e. The third kappa shape index (κ3) is 6.90. The fraction of sp³-hybridized carbons (Fsp3) is 0.489. The van der Waals surface area contributed by atoms with Crippen LogP contribution in [0.25, 0.3) is 11.0 Å². The van der Waals surface area contributed by atoms with E-state index in [0.717, 1.165) is 94.2 Å². The van der Waals surface area contributed by atoms with Crippen molar-refractivity contribution in [2.45, 2.75) is 102 Å². The highest BCUT2D eigenvalue weighted by molar-refractivity contribution is 6.23. The number of rotatable bonds is 9. The van der Waals surface area contributed by atoms with Gasteiger partial charge in [0, 0.05) is 68.9 Å². The van der Waals surface area contributed by atoms with Crippen LogP contribution in [-0.4, -0.2) is 110 Å². The van der Waals surface area contributed by atoms with Crippen LogP contribution >= 0.6 is 0 Å². The number of imide groups is 2. The van der Waals surface area contributed by atoms with Gasteiger partial charge < -0.3 is 15.1 Å². The minimum absolute atomic E-state index is 0.00605. The van der Waals surface area contributed by atoms with Gasteiger partial charge in [0.1, 0.15) is 23.3 Å². The summed E-state index contributed by atoms with van der Waals surface area (Å²) in [4.78, 5) is 98.9. The van der Waals surface area contributed by atoms with Gasteiger partial charge in [0.2, 0.25) is 17.8 Å². The zero-order valence-electron chi connectivity index (χ0n) is 34.9. The molecule has 16 nitrogen and oxygen atoms in total. The summed E-state index contributed by atoms with van der Waals surface area (Å²) >= 11 is 0. The fourth-order valence-electron chi connectivity index (χ4n) is 10.9. The number of piperidine rings is 4. The summed E-state index contributed by atoms with van der Waals surface area (Å²) in [6, 6.07) is 5.75. The minimum Gasteiger partial charge on any atom is -0.370 e. The van der Waals surface area contributed by atoms with Crippen LogP contribution in [0.1, 0.15) is 114 Å². The third-order valence-electron chi connectivity index (χ3n) is 14.2. The summed E-state index contributed by atoms with van der Waals surface area (Å²) in [6.07, 6.45) is 11.3. The highest BCUT2D eigenvalue weighted by atomic mass is 19.1. The number of piperazine rings is 1. The van der Waals surface area contributed by atoms with Crippen molar-refractivity contribution < 1.29 is 28.4 Å². The molecule has 62 heavy (non-hydrogen) atoms. The van der Waals surface area contributed by atoms with Crippen LogP contribution in [0.4, 0.5) is 27.5 Å². The van der Waals surface area contributed by atoms with Gasteiger partial charge in [0.05, 0.1) is 34.3 Å². The van der Waals surface area contributed by atoms with Crippen LogP contribution in [0, 0.1) is 18.7 Å². The molecule has 2 N–H and O–H groups in total. The topological polar surface area (TPSA) is 183 Å². The van der Waals surface area contributed by atoms with Crippen molar-refractivity contribution in [3.8, 4) is 0 Å². The number of amides is 4. The van der Waals surface area contributed by atoms with Gasteiger partial charge in [0.15, 0.2) is 5.78 Å². The zero-order chi connectivity index (χ0) is 43.0. The fourth-order valence-corrected chi connectivity index (χ4v) is 10.9. The number of carbonyl (C=O) groups excluding carboxylic acids is 5. The summed E-state index contributed by atoms with van der Waals surface area (Å²) in [5.74, 6) is -1.89. The second-order valence-corrected chi connectivity index (χ2v) is 17.8. The van der Waals surface area contributed by atoms with Crippen molar-refractivity contribution in [1.82, 2.24) is 34.6 Å². The van der Waals surface area contributed by atoms with Crippen LogP contribution < -0.4 is 26.0 Å². The molecule has 6 fully saturated rings. The molecular formula is C45H49FN10O6. The molecule has 2 bridgehead atoms. The predicted octanol–water partition coefficient (Wildman–Crippen LogP) is 4.67. The van der Waals surface area contributed by atoms with E-state index in [9.17, 15) is 28.8 Å². The van der Waals surface area contributed by atoms with Crippen molar-refractivity contribution in [2.75, 3.05) is 47.8 Å². The number of ketones is 1. The second-order valence-electron chi connectivity index (χ2n) is 17.8. The lowest BCUT2D eigenvalue weighted by atomic mass is 9.87. The van der Waals surface area contributed by atoms with Crippen molar-refractivity contribution in [3.63, 3.8) is 0 Å². The third-order valence-corrected chi connectivity index (χ3v) is 14.2. The number of aromatic nitrogens is 4. The Hall–Kier alpha value is -6.10. The molecule has 7 aliphatic rings. The molecule has 0 radical (unpaired) electrons. The van der Waals surface area contributed by atoms with Gasteiger partial charge in [-0.15, -0.1) is 0 Å². The molecule has 3 unspecified atom stereocenters. The molecular weight excluding hydrogens is 796 g/mol. The number of nitrogens with one attached hydrogen (secondary N) is 2. The van der Waals surface area contributed by atoms with Crippen LogP contribution in [0.15, 0.2) is 41.5 Å². The number of carbonyl (C=O) groups is 5. The van der Waals surface area contributed by atoms with Gasteiger partial charge in [-0.3, -0.25) is 48.5 Å². The summed E-state index contributed by atoms with van der Waals surface area (Å²) in [5, 5.41) is 6.11. The van der Waals surface area contributed by atoms with Gasteiger partial charge >= 0.3 is 0 Å². The number of fused-ring (bicyclic) bond motifs is 5. The van der Waals surface area contributed by atoms with E-state index in [1.165, 1.54) is 13.0 Å². The lowest BCUT2D eigenvalue weighted by Crippen LogP contribution is -2.63. The monoisotopic (exact) mass is 844 g/mol. The lowest BCUT2D eigenvalue weighted by molar-refractivity contribution is -0.136. The Balaban J connectivity index is 0.757. The smallest absolute Gasteiger partial charge is 0.263 e. The highest BCUT2D eigenvalue weighted by Crippen LogP contribution is 2.39. The Morgan fingerprint density at radius 1 is 0.871 bits per heavy atom. The van der Waals surface area contributed by atoms with E-state index in [0.29, 0.717) is 46.5 Å². The molecule has 3 atom stereocenters. The van der Waals surface area contributed by atoms with Crippen LogP contribution in [0.5, 0.6) is 0 Å². The van der Waals surface area contributed by atoms with Crippen molar-refractivity contribution >= 4 is 63.6 Å². The first kappa shape index (κ1) is 40.0. The summed E-state index contributed by atoms with van der Waals surface area (Å²) in [6.45, 7) is 7.36. The number of nitrogens with zero attached hydrogens (tertiary/aromatic N) is 8. The van der Waals surface area contributed by atoms with Gasteiger partial charge in [-0.05, 0) is 94.5 Å². The Morgan fingerprint density at radius 3 is 2.29 bits per heavy atom. The van der Waals surface area contributed by atoms with E-state index in [4.69, 9.17) is 4.98 Å². The quantitative estimate of drug-likeness (QED) is 0.175. The molecule has 1 aliphatic carbocycles. The first-order valence-corrected chi connectivity index (χ1v) is 21.9. The van der Waals surface area contributed by atoms with E-state index in [2.05, 4.69) is 30.4 Å². The number of Topliss-reactive ketones (excluding diaryl/α,β-unsaturated/α-hetero) is 1. The Labute approximate surface area is 356 Å². The van der Waals surface area contributed by atoms with E-state index in [1.54, 1.807) is 17.7 Å². The normalized spacial score (nSPS) is 23.5. The second kappa shape index (κ2) is 15.7. The number of hydrogen-bond donors (Lipinski definition) is 2. The minimum atomic E-state index is -1.10. The van der Waals surface area contributed by atoms with E-state index in [1.807, 2.05) is 23.2 Å². The summed E-state index contributed by atoms with van der Waals surface area (Å²) < 4.78 is 17.5. The van der Waals surface area contributed by atoms with Gasteiger partial charge in [-0.2, -0.15) is 4.98 Å². The molecule has 11 rings (SSSR count). The van der Waals surface area contributed by atoms with E-state index in [-0.39, 0.29) is 59.0 Å². The lowest BCUT2D eigenvalue weighted by Gasteiger charge is -2.53. The maximum absolute atomic E-state index is 15.8. The maximum Gasteiger partial charge on any atom is 0.263 e. The molecule has 4 amide bonds. The Kier molecular flexibility index (Phi) is 10.1. The standard InChI is InChI=1S/C45H49FN10O6/c1-24-33-20-48-45(51-40(33)55(27-5-3-4-6-27)44(62)39(24)25(2)57)49-37-11-9-28(19-47-37)52-15-13-26(14-16-52)21-53-22-30-8-7-29(53)23-54(30)36-18-32-31(17-34(36)46)42(60)56(43(32)61)35-10-12-38(58)50-41(35)59/h9,11,17-20,26-27,29-30,35H,3-8,10,12-16,21-23H2,1-2H3,(H,50,58,59)(H,47,48,49,51). The van der Waals surface area contributed by atoms with Gasteiger partial charge in [-0.1, -0.05) is 12.8 Å². The number of halogens is 1. The Bertz CT molecular complexity index is 2600. The van der Waals surface area contributed by atoms with Crippen molar-refractivity contribution in [1.29, 1.82) is 0 Å². The number of anilines is 4. The molecule has 5 saturated heterocycles. The molecule has 17 heteroatoms. The maximum atomic E-state index is 15.8. The number of pyridine rings is 2. The highest BCUT2D eigenvalue weighted by Gasteiger charge is 2.47. The SMILES string of the molecule is CC(=O)c1c(C)c2cnc(Nc3ccc(N4CCC(CN5CC6CCC5CN6c5cc6c(cc5F)C(=O)N(C5CCC(=O)NC5=O)C6=O)CC4)cn3)nc2n(C2CCCC2)c1=O. The number of aryl methyl sites for hydroxylation is 1. The molecule has 4 aromatic rings. The van der Waals surface area contributed by atoms with Crippen molar-refractivity contribution in [2.24, 2.45) is 5.92 Å². The van der Waals surface area contributed by atoms with Crippen LogP contribution in [0.3, 0.4) is 0 Å².